The second kappa shape index (κ2) is 9.43. The molecule has 0 aromatic heterocycles. The smallest absolute Gasteiger partial charge is 0.257 e. The number of alkyl halides is 2. The van der Waals surface area contributed by atoms with Crippen molar-refractivity contribution in [3.63, 3.8) is 0 Å². The standard InChI is InChI=1S/C23H14BrCl4FN2O2/c24-12-7-11(8-13(25)9-12)19-20(23(19,27)28)22(33)31-16-5-6-18(26)17(10-16)21(32)30-15-3-1-14(29)2-4-15/h1-10,19-20H,(H,30,32)(H,31,33)/t19-,20+/m1/s1. The summed E-state index contributed by atoms with van der Waals surface area (Å²) in [5.41, 5.74) is 1.60. The van der Waals surface area contributed by atoms with Gasteiger partial charge in [0.2, 0.25) is 5.91 Å². The average Bonchev–Trinajstić information content (AvgIpc) is 3.32. The van der Waals surface area contributed by atoms with Gasteiger partial charge in [0, 0.05) is 26.8 Å². The van der Waals surface area contributed by atoms with E-state index in [0.29, 0.717) is 16.4 Å². The highest BCUT2D eigenvalue weighted by atomic mass is 79.9. The molecule has 0 aliphatic heterocycles. The van der Waals surface area contributed by atoms with Crippen molar-refractivity contribution in [2.75, 3.05) is 10.6 Å². The molecule has 10 heteroatoms. The van der Waals surface area contributed by atoms with E-state index in [4.69, 9.17) is 46.4 Å². The highest BCUT2D eigenvalue weighted by Gasteiger charge is 2.67. The van der Waals surface area contributed by atoms with Crippen LogP contribution in [0.5, 0.6) is 0 Å². The van der Waals surface area contributed by atoms with E-state index >= 15 is 0 Å². The molecule has 4 rings (SSSR count). The molecule has 0 radical (unpaired) electrons. The molecule has 33 heavy (non-hydrogen) atoms. The summed E-state index contributed by atoms with van der Waals surface area (Å²) in [6, 6.07) is 15.0. The second-order valence-electron chi connectivity index (χ2n) is 7.48. The maximum Gasteiger partial charge on any atom is 0.257 e. The van der Waals surface area contributed by atoms with Gasteiger partial charge in [-0.05, 0) is 66.2 Å². The quantitative estimate of drug-likeness (QED) is 0.300. The highest BCUT2D eigenvalue weighted by Crippen LogP contribution is 2.65. The first-order chi connectivity index (χ1) is 15.6. The molecule has 0 unspecified atom stereocenters. The minimum absolute atomic E-state index is 0.132. The van der Waals surface area contributed by atoms with Gasteiger partial charge < -0.3 is 10.6 Å². The SMILES string of the molecule is O=C(Nc1ccc(F)cc1)c1cc(NC(=O)[C@@H]2[C@@H](c3cc(Cl)cc(Br)c3)C2(Cl)Cl)ccc1Cl. The summed E-state index contributed by atoms with van der Waals surface area (Å²) in [5, 5.41) is 6.05. The van der Waals surface area contributed by atoms with Crippen molar-refractivity contribution in [3.05, 3.63) is 92.1 Å². The zero-order valence-electron chi connectivity index (χ0n) is 16.5. The van der Waals surface area contributed by atoms with Crippen LogP contribution in [0.25, 0.3) is 0 Å². The normalized spacial score (nSPS) is 18.5. The average molecular weight is 591 g/mol. The van der Waals surface area contributed by atoms with Gasteiger partial charge >= 0.3 is 0 Å². The number of carbonyl (C=O) groups excluding carboxylic acids is 2. The molecule has 170 valence electrons. The van der Waals surface area contributed by atoms with Gasteiger partial charge in [0.25, 0.3) is 5.91 Å². The Bertz CT molecular complexity index is 1230. The van der Waals surface area contributed by atoms with E-state index in [9.17, 15) is 14.0 Å². The highest BCUT2D eigenvalue weighted by molar-refractivity contribution is 9.10. The Morgan fingerprint density at radius 1 is 0.909 bits per heavy atom. The number of halogens is 6. The third kappa shape index (κ3) is 5.31. The molecule has 3 aromatic rings. The Labute approximate surface area is 217 Å². The first kappa shape index (κ1) is 24.3. The molecule has 1 fully saturated rings. The van der Waals surface area contributed by atoms with Crippen LogP contribution < -0.4 is 10.6 Å². The summed E-state index contributed by atoms with van der Waals surface area (Å²) in [4.78, 5) is 25.6. The number of anilines is 2. The molecular formula is C23H14BrCl4FN2O2. The molecule has 1 aliphatic rings. The lowest BCUT2D eigenvalue weighted by molar-refractivity contribution is -0.117. The van der Waals surface area contributed by atoms with Gasteiger partial charge in [-0.15, -0.1) is 23.2 Å². The number of benzene rings is 3. The maximum atomic E-state index is 13.1. The summed E-state index contributed by atoms with van der Waals surface area (Å²) in [6.45, 7) is 0. The third-order valence-electron chi connectivity index (χ3n) is 5.16. The first-order valence-electron chi connectivity index (χ1n) is 9.57. The van der Waals surface area contributed by atoms with Gasteiger partial charge in [-0.2, -0.15) is 0 Å². The van der Waals surface area contributed by atoms with E-state index in [2.05, 4.69) is 26.6 Å². The molecule has 1 aliphatic carbocycles. The predicted molar refractivity (Wildman–Crippen MR) is 134 cm³/mol. The van der Waals surface area contributed by atoms with Crippen LogP contribution >= 0.6 is 62.3 Å². The van der Waals surface area contributed by atoms with E-state index in [0.717, 1.165) is 10.0 Å². The summed E-state index contributed by atoms with van der Waals surface area (Å²) in [6.07, 6.45) is 0. The molecule has 2 atom stereocenters. The van der Waals surface area contributed by atoms with Gasteiger partial charge in [0.1, 0.15) is 10.2 Å². The Kier molecular flexibility index (Phi) is 6.95. The molecule has 4 nitrogen and oxygen atoms in total. The molecule has 0 spiro atoms. The molecule has 0 bridgehead atoms. The number of carbonyl (C=O) groups is 2. The van der Waals surface area contributed by atoms with Crippen LogP contribution in [0.1, 0.15) is 21.8 Å². The Morgan fingerprint density at radius 3 is 2.24 bits per heavy atom. The van der Waals surface area contributed by atoms with Crippen molar-refractivity contribution in [2.45, 2.75) is 10.3 Å². The Balaban J connectivity index is 1.50. The first-order valence-corrected chi connectivity index (χ1v) is 11.9. The van der Waals surface area contributed by atoms with Crippen LogP contribution in [-0.2, 0) is 4.79 Å². The summed E-state index contributed by atoms with van der Waals surface area (Å²) in [7, 11) is 0. The number of rotatable bonds is 5. The summed E-state index contributed by atoms with van der Waals surface area (Å²) < 4.78 is 12.5. The number of hydrogen-bond donors (Lipinski definition) is 2. The van der Waals surface area contributed by atoms with Crippen molar-refractivity contribution in [1.29, 1.82) is 0 Å². The summed E-state index contributed by atoms with van der Waals surface area (Å²) >= 11 is 28.5. The van der Waals surface area contributed by atoms with Gasteiger partial charge in [-0.25, -0.2) is 4.39 Å². The van der Waals surface area contributed by atoms with Crippen molar-refractivity contribution >= 4 is 85.5 Å². The Morgan fingerprint density at radius 2 is 1.58 bits per heavy atom. The number of hydrogen-bond acceptors (Lipinski definition) is 2. The van der Waals surface area contributed by atoms with E-state index < -0.39 is 33.8 Å². The minimum Gasteiger partial charge on any atom is -0.326 e. The van der Waals surface area contributed by atoms with E-state index in [1.165, 1.54) is 36.4 Å². The van der Waals surface area contributed by atoms with Crippen LogP contribution in [0.15, 0.2) is 65.1 Å². The van der Waals surface area contributed by atoms with Crippen LogP contribution in [0.2, 0.25) is 10.0 Å². The maximum absolute atomic E-state index is 13.1. The number of amides is 2. The lowest BCUT2D eigenvalue weighted by Crippen LogP contribution is -2.18. The van der Waals surface area contributed by atoms with Crippen molar-refractivity contribution in [2.24, 2.45) is 5.92 Å². The zero-order valence-corrected chi connectivity index (χ0v) is 21.1. The zero-order chi connectivity index (χ0) is 23.9. The van der Waals surface area contributed by atoms with Gasteiger partial charge in [-0.3, -0.25) is 9.59 Å². The fourth-order valence-electron chi connectivity index (χ4n) is 3.55. The largest absolute Gasteiger partial charge is 0.326 e. The van der Waals surface area contributed by atoms with Crippen molar-refractivity contribution in [3.8, 4) is 0 Å². The van der Waals surface area contributed by atoms with Crippen molar-refractivity contribution in [1.82, 2.24) is 0 Å². The fraction of sp³-hybridized carbons (Fsp3) is 0.130. The monoisotopic (exact) mass is 588 g/mol. The second-order valence-corrected chi connectivity index (χ2v) is 10.7. The molecule has 3 aromatic carbocycles. The Hall–Kier alpha value is -1.83. The van der Waals surface area contributed by atoms with Gasteiger partial charge in [0.15, 0.2) is 0 Å². The minimum atomic E-state index is -1.30. The number of nitrogens with one attached hydrogen (secondary N) is 2. The summed E-state index contributed by atoms with van der Waals surface area (Å²) in [5.74, 6) is -2.52. The predicted octanol–water partition coefficient (Wildman–Crippen LogP) is 7.67. The van der Waals surface area contributed by atoms with E-state index in [1.54, 1.807) is 18.2 Å². The topological polar surface area (TPSA) is 58.2 Å². The molecule has 0 heterocycles. The lowest BCUT2D eigenvalue weighted by Gasteiger charge is -2.10. The van der Waals surface area contributed by atoms with E-state index in [-0.39, 0.29) is 10.6 Å². The van der Waals surface area contributed by atoms with Crippen LogP contribution in [0.3, 0.4) is 0 Å². The van der Waals surface area contributed by atoms with E-state index in [1.807, 2.05) is 6.07 Å². The molecule has 2 amide bonds. The molecule has 2 N–H and O–H groups in total. The van der Waals surface area contributed by atoms with Crippen LogP contribution in [0.4, 0.5) is 15.8 Å². The fourth-order valence-corrected chi connectivity index (χ4v) is 5.47. The molecule has 0 saturated heterocycles. The van der Waals surface area contributed by atoms with Crippen LogP contribution in [0, 0.1) is 11.7 Å². The third-order valence-corrected chi connectivity index (χ3v) is 7.11. The van der Waals surface area contributed by atoms with Crippen molar-refractivity contribution < 1.29 is 14.0 Å². The van der Waals surface area contributed by atoms with Crippen LogP contribution in [-0.4, -0.2) is 16.1 Å². The van der Waals surface area contributed by atoms with Gasteiger partial charge in [0.05, 0.1) is 16.5 Å². The molecular weight excluding hydrogens is 577 g/mol. The van der Waals surface area contributed by atoms with Gasteiger partial charge in [-0.1, -0.05) is 39.1 Å². The molecule has 1 saturated carbocycles. The lowest BCUT2D eigenvalue weighted by atomic mass is 10.1.